The number of nitrogens with zero attached hydrogens (tertiary/aromatic N) is 7. The molecule has 0 spiro atoms. The summed E-state index contributed by atoms with van der Waals surface area (Å²) in [5.41, 5.74) is 21.7. The molecule has 19 nitrogen and oxygen atoms in total. The van der Waals surface area contributed by atoms with Crippen LogP contribution in [-0.4, -0.2) is 150 Å². The first-order valence-electron chi connectivity index (χ1n) is 26.2. The predicted molar refractivity (Wildman–Crippen MR) is 297 cm³/mol. The van der Waals surface area contributed by atoms with Crippen molar-refractivity contribution in [2.45, 2.75) is 164 Å². The van der Waals surface area contributed by atoms with Crippen molar-refractivity contribution in [3.05, 3.63) is 10.6 Å². The van der Waals surface area contributed by atoms with Crippen LogP contribution >= 0.6 is 23.2 Å². The average Bonchev–Trinajstić information content (AvgIpc) is 3.32. The molecule has 2 aromatic rings. The molecule has 23 heteroatoms. The van der Waals surface area contributed by atoms with Crippen molar-refractivity contribution in [1.82, 2.24) is 34.8 Å². The second kappa shape index (κ2) is 48.2. The first-order chi connectivity index (χ1) is 33.3. The first kappa shape index (κ1) is 69.0. The molecule has 0 aliphatic carbocycles. The summed E-state index contributed by atoms with van der Waals surface area (Å²) in [4.78, 5) is 27.6. The summed E-state index contributed by atoms with van der Waals surface area (Å²) in [6, 6.07) is 1.82. The van der Waals surface area contributed by atoms with Crippen molar-refractivity contribution >= 4 is 64.1 Å². The van der Waals surface area contributed by atoms with E-state index in [1.54, 1.807) is 0 Å². The minimum absolute atomic E-state index is 0.0790. The molecule has 0 bridgehead atoms. The number of unbranched alkanes of at least 4 members (excludes halogenated alkanes) is 9. The van der Waals surface area contributed by atoms with Crippen molar-refractivity contribution in [3.63, 3.8) is 0 Å². The molecule has 2 heterocycles. The third kappa shape index (κ3) is 41.1. The molecular weight excluding hydrogens is 954 g/mol. The van der Waals surface area contributed by atoms with Crippen LogP contribution in [0.4, 0.5) is 23.8 Å². The molecule has 0 aromatic carbocycles. The number of nitrogens with one attached hydrogen (secondary N) is 4. The van der Waals surface area contributed by atoms with Crippen molar-refractivity contribution in [3.8, 4) is 0 Å². The Morgan fingerprint density at radius 1 is 0.391 bits per heavy atom. The molecule has 0 amide bonds. The average molecular weight is 1060 g/mol. The number of hydrogen-bond acceptors (Lipinski definition) is 19. The summed E-state index contributed by atoms with van der Waals surface area (Å²) in [6.45, 7) is 31.3. The molecule has 12 N–H and O–H groups in total. The maximum Gasteiger partial charge on any atom is 0.334 e. The van der Waals surface area contributed by atoms with E-state index in [1.807, 2.05) is 27.7 Å². The Hall–Kier alpha value is -2.13. The SMILES string of the molecule is CCN(CC)CC.CCO[Si](C)(CCCNc1nc(Cl)nc(Cl)n1)OCC.CCO[Si](C)(CCCNc1nc(NCCCCCCN)nc(NCCCCCCN)n1)OCC.NCCCCCCN. The Morgan fingerprint density at radius 3 is 0.899 bits per heavy atom. The highest BCUT2D eigenvalue weighted by Crippen LogP contribution is 2.18. The van der Waals surface area contributed by atoms with Crippen molar-refractivity contribution < 1.29 is 17.7 Å². The highest BCUT2D eigenvalue weighted by atomic mass is 35.5. The summed E-state index contributed by atoms with van der Waals surface area (Å²) in [5, 5.41) is 13.3. The lowest BCUT2D eigenvalue weighted by molar-refractivity contribution is 0.188. The minimum atomic E-state index is -2.11. The number of hydrogen-bond donors (Lipinski definition) is 8. The smallest absolute Gasteiger partial charge is 0.334 e. The molecule has 406 valence electrons. The van der Waals surface area contributed by atoms with Crippen LogP contribution in [0.25, 0.3) is 0 Å². The molecule has 0 unspecified atom stereocenters. The van der Waals surface area contributed by atoms with Crippen LogP contribution in [-0.2, 0) is 17.7 Å². The molecule has 0 radical (unpaired) electrons. The van der Waals surface area contributed by atoms with Gasteiger partial charge in [0.25, 0.3) is 0 Å². The molecule has 0 aliphatic heterocycles. The van der Waals surface area contributed by atoms with Gasteiger partial charge in [0.05, 0.1) is 0 Å². The van der Waals surface area contributed by atoms with Crippen LogP contribution < -0.4 is 44.2 Å². The van der Waals surface area contributed by atoms with E-state index in [0.29, 0.717) is 56.8 Å². The van der Waals surface area contributed by atoms with E-state index in [2.05, 4.69) is 89.9 Å². The van der Waals surface area contributed by atoms with Gasteiger partial charge in [-0.2, -0.15) is 29.9 Å². The second-order valence-corrected chi connectivity index (χ2v) is 23.8. The van der Waals surface area contributed by atoms with Crippen molar-refractivity contribution in [2.24, 2.45) is 22.9 Å². The fraction of sp³-hybridized carbons (Fsp3) is 0.870. The van der Waals surface area contributed by atoms with Crippen molar-refractivity contribution in [2.75, 3.05) is 120 Å². The molecule has 0 aliphatic rings. The third-order valence-corrected chi connectivity index (χ3v) is 17.0. The van der Waals surface area contributed by atoms with Crippen molar-refractivity contribution in [1.29, 1.82) is 0 Å². The summed E-state index contributed by atoms with van der Waals surface area (Å²) < 4.78 is 23.4. The van der Waals surface area contributed by atoms with Crippen LogP contribution in [0.3, 0.4) is 0 Å². The largest absolute Gasteiger partial charge is 0.395 e. The van der Waals surface area contributed by atoms with E-state index < -0.39 is 17.1 Å². The number of halogens is 2. The van der Waals surface area contributed by atoms with E-state index in [4.69, 9.17) is 63.8 Å². The molecule has 2 rings (SSSR count). The van der Waals surface area contributed by atoms with Gasteiger partial charge < -0.3 is 66.8 Å². The zero-order chi connectivity index (χ0) is 51.9. The lowest BCUT2D eigenvalue weighted by Gasteiger charge is -2.25. The summed E-state index contributed by atoms with van der Waals surface area (Å²) >= 11 is 11.4. The Bertz CT molecular complexity index is 1360. The zero-order valence-corrected chi connectivity index (χ0v) is 48.3. The van der Waals surface area contributed by atoms with Crippen LogP contribution in [0.15, 0.2) is 0 Å². The summed E-state index contributed by atoms with van der Waals surface area (Å²) in [6.07, 6.45) is 15.5. The molecule has 0 saturated heterocycles. The highest BCUT2D eigenvalue weighted by Gasteiger charge is 2.30. The maximum atomic E-state index is 5.93. The van der Waals surface area contributed by atoms with Crippen LogP contribution in [0, 0.1) is 0 Å². The van der Waals surface area contributed by atoms with Crippen LogP contribution in [0.5, 0.6) is 0 Å². The van der Waals surface area contributed by atoms with Gasteiger partial charge in [0, 0.05) is 52.6 Å². The molecule has 69 heavy (non-hydrogen) atoms. The molecule has 0 saturated carbocycles. The van der Waals surface area contributed by atoms with Gasteiger partial charge in [-0.25, -0.2) is 0 Å². The quantitative estimate of drug-likeness (QED) is 0.0229. The number of nitrogens with two attached hydrogens (primary N) is 4. The fourth-order valence-corrected chi connectivity index (χ4v) is 12.0. The van der Waals surface area contributed by atoms with Crippen LogP contribution in [0.1, 0.15) is 138 Å². The molecular formula is C46H101Cl2N15O4Si2. The normalized spacial score (nSPS) is 11.2. The van der Waals surface area contributed by atoms with E-state index in [9.17, 15) is 0 Å². The first-order valence-corrected chi connectivity index (χ1v) is 32.0. The van der Waals surface area contributed by atoms with E-state index in [-0.39, 0.29) is 10.6 Å². The Balaban J connectivity index is 0. The Morgan fingerprint density at radius 2 is 0.652 bits per heavy atom. The Labute approximate surface area is 431 Å². The second-order valence-electron chi connectivity index (χ2n) is 16.4. The lowest BCUT2D eigenvalue weighted by atomic mass is 10.2. The lowest BCUT2D eigenvalue weighted by Crippen LogP contribution is -2.39. The number of anilines is 4. The van der Waals surface area contributed by atoms with Gasteiger partial charge in [0.2, 0.25) is 34.4 Å². The minimum Gasteiger partial charge on any atom is -0.395 e. The maximum absolute atomic E-state index is 5.93. The van der Waals surface area contributed by atoms with Gasteiger partial charge in [0.15, 0.2) is 0 Å². The van der Waals surface area contributed by atoms with Gasteiger partial charge in [-0.05, 0) is 173 Å². The van der Waals surface area contributed by atoms with Gasteiger partial charge in [-0.1, -0.05) is 59.3 Å². The van der Waals surface area contributed by atoms with E-state index in [0.717, 1.165) is 135 Å². The fourth-order valence-electron chi connectivity index (χ4n) is 6.79. The standard InChI is InChI=1S/C23H50N8O2Si.C11H20Cl2N4O2Si.C6H16N2.C6H15N/c1-4-32-34(3,33-5-2)20-14-19-28-23-30-21(26-17-12-8-6-10-15-24)29-22(31-23)27-18-13-9-7-11-16-25;1-4-18-20(3,19-5-2)8-6-7-14-11-16-9(12)15-10(13)17-11;7-5-3-1-2-4-6-8;1-4-7(5-2)6-3/h4-20,24-25H2,1-3H3,(H3,26,27,28,29,30,31);4-8H2,1-3H3,(H,14,15,16,17);1-8H2;4-6H2,1-3H3. The van der Waals surface area contributed by atoms with Gasteiger partial charge in [-0.15, -0.1) is 0 Å². The third-order valence-electron chi connectivity index (χ3n) is 10.5. The zero-order valence-electron chi connectivity index (χ0n) is 44.7. The highest BCUT2D eigenvalue weighted by molar-refractivity contribution is 6.66. The Kier molecular flexibility index (Phi) is 48.1. The van der Waals surface area contributed by atoms with Gasteiger partial charge in [-0.3, -0.25) is 0 Å². The molecule has 0 atom stereocenters. The molecule has 2 aromatic heterocycles. The summed E-state index contributed by atoms with van der Waals surface area (Å²) in [5.74, 6) is 2.17. The predicted octanol–water partition coefficient (Wildman–Crippen LogP) is 8.62. The molecule has 0 fully saturated rings. The number of aromatic nitrogens is 6. The summed E-state index contributed by atoms with van der Waals surface area (Å²) in [7, 11) is -4.16. The van der Waals surface area contributed by atoms with E-state index >= 15 is 0 Å². The van der Waals surface area contributed by atoms with Gasteiger partial charge >= 0.3 is 17.1 Å². The van der Waals surface area contributed by atoms with E-state index in [1.165, 1.54) is 32.5 Å². The monoisotopic (exact) mass is 1050 g/mol. The number of rotatable bonds is 40. The van der Waals surface area contributed by atoms with Crippen LogP contribution in [0.2, 0.25) is 35.7 Å². The van der Waals surface area contributed by atoms with Gasteiger partial charge in [0.1, 0.15) is 0 Å². The topological polar surface area (TPSA) is 270 Å².